The standard InChI is InChI=1S/C22H33N5OS.HI/c1-16(2)28-20-13-17(3)7-8-18(20)14-25-21(23-4)24-10-9-19-15-29-22(26-19)27-11-5-6-12-27;/h7-8,13,15-16H,5-6,9-12,14H2,1-4H3,(H2,23,24,25);1H. The average Bonchev–Trinajstić information content (AvgIpc) is 3.37. The van der Waals surface area contributed by atoms with E-state index in [1.54, 1.807) is 18.4 Å². The number of hydrogen-bond donors (Lipinski definition) is 2. The second-order valence-electron chi connectivity index (χ2n) is 7.70. The molecule has 8 heteroatoms. The number of aliphatic imine (C=N–C) groups is 1. The van der Waals surface area contributed by atoms with Crippen molar-refractivity contribution in [1.82, 2.24) is 15.6 Å². The zero-order valence-electron chi connectivity index (χ0n) is 18.4. The second kappa shape index (κ2) is 12.3. The Morgan fingerprint density at radius 1 is 1.27 bits per heavy atom. The quantitative estimate of drug-likeness (QED) is 0.294. The van der Waals surface area contributed by atoms with Gasteiger partial charge in [-0.1, -0.05) is 12.1 Å². The third-order valence-electron chi connectivity index (χ3n) is 4.85. The molecule has 1 aliphatic rings. The topological polar surface area (TPSA) is 61.8 Å². The van der Waals surface area contributed by atoms with Crippen molar-refractivity contribution >= 4 is 46.4 Å². The molecule has 2 aromatic rings. The molecule has 30 heavy (non-hydrogen) atoms. The van der Waals surface area contributed by atoms with E-state index in [0.29, 0.717) is 6.54 Å². The third kappa shape index (κ3) is 7.30. The maximum Gasteiger partial charge on any atom is 0.191 e. The number of guanidine groups is 1. The number of aryl methyl sites for hydroxylation is 1. The van der Waals surface area contributed by atoms with Gasteiger partial charge < -0.3 is 20.3 Å². The summed E-state index contributed by atoms with van der Waals surface area (Å²) in [5.74, 6) is 1.72. The summed E-state index contributed by atoms with van der Waals surface area (Å²) < 4.78 is 5.96. The Morgan fingerprint density at radius 3 is 2.73 bits per heavy atom. The summed E-state index contributed by atoms with van der Waals surface area (Å²) in [6, 6.07) is 6.32. The van der Waals surface area contributed by atoms with Gasteiger partial charge in [-0.2, -0.15) is 0 Å². The van der Waals surface area contributed by atoms with E-state index in [0.717, 1.165) is 54.2 Å². The number of thiazole rings is 1. The fourth-order valence-electron chi connectivity index (χ4n) is 3.34. The molecule has 0 saturated carbocycles. The van der Waals surface area contributed by atoms with Crippen LogP contribution in [0.25, 0.3) is 0 Å². The first-order valence-electron chi connectivity index (χ1n) is 10.4. The number of ether oxygens (including phenoxy) is 1. The molecule has 3 rings (SSSR count). The molecular formula is C22H34IN5OS. The lowest BCUT2D eigenvalue weighted by atomic mass is 10.1. The fourth-order valence-corrected chi connectivity index (χ4v) is 4.26. The van der Waals surface area contributed by atoms with Gasteiger partial charge in [0.15, 0.2) is 11.1 Å². The van der Waals surface area contributed by atoms with Crippen molar-refractivity contribution in [3.63, 3.8) is 0 Å². The van der Waals surface area contributed by atoms with Gasteiger partial charge in [0.1, 0.15) is 5.75 Å². The molecule has 0 unspecified atom stereocenters. The van der Waals surface area contributed by atoms with Crippen LogP contribution >= 0.6 is 35.3 Å². The van der Waals surface area contributed by atoms with E-state index in [-0.39, 0.29) is 30.1 Å². The van der Waals surface area contributed by atoms with Gasteiger partial charge in [-0.05, 0) is 45.2 Å². The number of anilines is 1. The van der Waals surface area contributed by atoms with E-state index in [2.05, 4.69) is 51.0 Å². The van der Waals surface area contributed by atoms with Gasteiger partial charge in [0, 0.05) is 50.6 Å². The first-order valence-corrected chi connectivity index (χ1v) is 11.3. The predicted octanol–water partition coefficient (Wildman–Crippen LogP) is 4.36. The maximum absolute atomic E-state index is 5.96. The van der Waals surface area contributed by atoms with Gasteiger partial charge in [-0.15, -0.1) is 35.3 Å². The van der Waals surface area contributed by atoms with Crippen molar-refractivity contribution in [3.8, 4) is 5.75 Å². The molecule has 1 aromatic heterocycles. The minimum absolute atomic E-state index is 0. The molecule has 0 aliphatic carbocycles. The van der Waals surface area contributed by atoms with Gasteiger partial charge in [-0.25, -0.2) is 4.98 Å². The number of rotatable bonds is 8. The minimum atomic E-state index is 0. The maximum atomic E-state index is 5.96. The molecule has 2 heterocycles. The average molecular weight is 544 g/mol. The lowest BCUT2D eigenvalue weighted by Gasteiger charge is -2.17. The molecule has 1 aliphatic heterocycles. The first kappa shape index (κ1) is 24.7. The van der Waals surface area contributed by atoms with Crippen molar-refractivity contribution in [2.45, 2.75) is 52.7 Å². The van der Waals surface area contributed by atoms with E-state index < -0.39 is 0 Å². The van der Waals surface area contributed by atoms with Gasteiger partial charge >= 0.3 is 0 Å². The normalized spacial score (nSPS) is 14.0. The Morgan fingerprint density at radius 2 is 2.03 bits per heavy atom. The van der Waals surface area contributed by atoms with Gasteiger partial charge in [0.2, 0.25) is 0 Å². The van der Waals surface area contributed by atoms with Crippen molar-refractivity contribution in [2.75, 3.05) is 31.6 Å². The summed E-state index contributed by atoms with van der Waals surface area (Å²) >= 11 is 1.75. The van der Waals surface area contributed by atoms with Crippen LogP contribution in [0.3, 0.4) is 0 Å². The Hall–Kier alpha value is -1.55. The molecule has 1 fully saturated rings. The van der Waals surface area contributed by atoms with Crippen molar-refractivity contribution in [3.05, 3.63) is 40.4 Å². The van der Waals surface area contributed by atoms with E-state index in [9.17, 15) is 0 Å². The summed E-state index contributed by atoms with van der Waals surface area (Å²) in [5, 5.41) is 10.1. The van der Waals surface area contributed by atoms with Crippen LogP contribution < -0.4 is 20.3 Å². The summed E-state index contributed by atoms with van der Waals surface area (Å²) in [6.45, 7) is 9.93. The lowest BCUT2D eigenvalue weighted by Crippen LogP contribution is -2.38. The van der Waals surface area contributed by atoms with Crippen molar-refractivity contribution in [1.29, 1.82) is 0 Å². The van der Waals surface area contributed by atoms with Crippen LogP contribution in [0.5, 0.6) is 5.75 Å². The number of nitrogens with zero attached hydrogens (tertiary/aromatic N) is 3. The molecule has 166 valence electrons. The number of aromatic nitrogens is 1. The molecule has 2 N–H and O–H groups in total. The first-order chi connectivity index (χ1) is 14.0. The number of benzene rings is 1. The Kier molecular flexibility index (Phi) is 10.2. The van der Waals surface area contributed by atoms with Crippen molar-refractivity contribution < 1.29 is 4.74 Å². The highest BCUT2D eigenvalue weighted by molar-refractivity contribution is 14.0. The molecular weight excluding hydrogens is 509 g/mol. The summed E-state index contributed by atoms with van der Waals surface area (Å²) in [7, 11) is 1.80. The summed E-state index contributed by atoms with van der Waals surface area (Å²) in [5.41, 5.74) is 3.47. The Bertz CT molecular complexity index is 818. The highest BCUT2D eigenvalue weighted by atomic mass is 127. The molecule has 1 aromatic carbocycles. The van der Waals surface area contributed by atoms with E-state index in [1.807, 2.05) is 13.8 Å². The van der Waals surface area contributed by atoms with E-state index in [4.69, 9.17) is 9.72 Å². The van der Waals surface area contributed by atoms with Crippen LogP contribution in [0.1, 0.15) is 43.5 Å². The summed E-state index contributed by atoms with van der Waals surface area (Å²) in [6.07, 6.45) is 3.60. The smallest absolute Gasteiger partial charge is 0.191 e. The SMILES string of the molecule is CN=C(NCCc1csc(N2CCCC2)n1)NCc1ccc(C)cc1OC(C)C.I. The molecule has 0 bridgehead atoms. The Labute approximate surface area is 201 Å². The van der Waals surface area contributed by atoms with Crippen LogP contribution in [0.4, 0.5) is 5.13 Å². The van der Waals surface area contributed by atoms with Gasteiger partial charge in [0.05, 0.1) is 11.8 Å². The molecule has 0 atom stereocenters. The van der Waals surface area contributed by atoms with Gasteiger partial charge in [-0.3, -0.25) is 4.99 Å². The van der Waals surface area contributed by atoms with Crippen LogP contribution in [-0.2, 0) is 13.0 Å². The highest BCUT2D eigenvalue weighted by Crippen LogP contribution is 2.24. The van der Waals surface area contributed by atoms with Crippen molar-refractivity contribution in [2.24, 2.45) is 4.99 Å². The molecule has 0 radical (unpaired) electrons. The minimum Gasteiger partial charge on any atom is -0.491 e. The zero-order chi connectivity index (χ0) is 20.6. The highest BCUT2D eigenvalue weighted by Gasteiger charge is 2.15. The van der Waals surface area contributed by atoms with E-state index >= 15 is 0 Å². The fraction of sp³-hybridized carbons (Fsp3) is 0.545. The Balaban J connectivity index is 0.00000320. The molecule has 1 saturated heterocycles. The molecule has 6 nitrogen and oxygen atoms in total. The van der Waals surface area contributed by atoms with E-state index in [1.165, 1.54) is 18.4 Å². The summed E-state index contributed by atoms with van der Waals surface area (Å²) in [4.78, 5) is 11.5. The monoisotopic (exact) mass is 543 g/mol. The molecule has 0 spiro atoms. The number of hydrogen-bond acceptors (Lipinski definition) is 5. The lowest BCUT2D eigenvalue weighted by molar-refractivity contribution is 0.239. The van der Waals surface area contributed by atoms with Crippen LogP contribution in [0.15, 0.2) is 28.6 Å². The molecule has 0 amide bonds. The van der Waals surface area contributed by atoms with Crippen LogP contribution in [-0.4, -0.2) is 43.7 Å². The number of halogens is 1. The number of nitrogens with one attached hydrogen (secondary N) is 2. The predicted molar refractivity (Wildman–Crippen MR) is 138 cm³/mol. The largest absolute Gasteiger partial charge is 0.491 e. The van der Waals surface area contributed by atoms with Crippen LogP contribution in [0, 0.1) is 6.92 Å². The second-order valence-corrected chi connectivity index (χ2v) is 8.53. The van der Waals surface area contributed by atoms with Crippen LogP contribution in [0.2, 0.25) is 0 Å². The van der Waals surface area contributed by atoms with Gasteiger partial charge in [0.25, 0.3) is 0 Å². The zero-order valence-corrected chi connectivity index (χ0v) is 21.5. The third-order valence-corrected chi connectivity index (χ3v) is 5.80.